The van der Waals surface area contributed by atoms with Gasteiger partial charge in [-0.05, 0) is 11.4 Å². The summed E-state index contributed by atoms with van der Waals surface area (Å²) in [6, 6.07) is 1.06. The molecule has 0 spiro atoms. The van der Waals surface area contributed by atoms with Crippen molar-refractivity contribution in [1.29, 1.82) is 0 Å². The monoisotopic (exact) mass is 216 g/mol. The number of halogens is 1. The predicted octanol–water partition coefficient (Wildman–Crippen LogP) is 0.469. The molecule has 1 rings (SSSR count). The third-order valence-electron chi connectivity index (χ3n) is 1.37. The Balaban J connectivity index is 3.08. The Morgan fingerprint density at radius 2 is 2.21 bits per heavy atom. The van der Waals surface area contributed by atoms with Gasteiger partial charge in [0.05, 0.1) is 0 Å². The Bertz CT molecular complexity index is 413. The third kappa shape index (κ3) is 1.77. The smallest absolute Gasteiger partial charge is 0.360 e. The second kappa shape index (κ2) is 3.97. The molecule has 74 valence electrons. The molecule has 0 aliphatic carbocycles. The fourth-order valence-corrected chi connectivity index (χ4v) is 1.48. The van der Waals surface area contributed by atoms with Crippen LogP contribution in [-0.2, 0) is 4.79 Å². The molecule has 0 saturated heterocycles. The lowest BCUT2D eigenvalue weighted by molar-refractivity contribution is -0.129. The summed E-state index contributed by atoms with van der Waals surface area (Å²) in [7, 11) is 0. The fourth-order valence-electron chi connectivity index (χ4n) is 0.774. The Kier molecular flexibility index (Phi) is 2.92. The van der Waals surface area contributed by atoms with Crippen molar-refractivity contribution in [2.45, 2.75) is 0 Å². The van der Waals surface area contributed by atoms with Crippen LogP contribution in [0.5, 0.6) is 0 Å². The van der Waals surface area contributed by atoms with Crippen LogP contribution in [0, 0.1) is 5.82 Å². The number of Topliss-reactive ketones (excluding diaryl/α,β-unsaturated/α-hetero) is 1. The van der Waals surface area contributed by atoms with E-state index in [4.69, 9.17) is 10.9 Å². The van der Waals surface area contributed by atoms with Gasteiger partial charge in [0.25, 0.3) is 0 Å². The van der Waals surface area contributed by atoms with E-state index in [1.807, 2.05) is 0 Å². The minimum atomic E-state index is -1.58. The van der Waals surface area contributed by atoms with E-state index in [-0.39, 0.29) is 4.88 Å². The first-order valence-corrected chi connectivity index (χ1v) is 4.24. The average Bonchev–Trinajstić information content (AvgIpc) is 2.51. The molecule has 3 N–H and O–H groups in total. The van der Waals surface area contributed by atoms with E-state index in [9.17, 15) is 14.0 Å². The molecule has 1 aromatic heterocycles. The number of hydrazone groups is 1. The van der Waals surface area contributed by atoms with E-state index >= 15 is 0 Å². The van der Waals surface area contributed by atoms with Crippen molar-refractivity contribution >= 4 is 28.8 Å². The number of carbonyl (C=O) groups is 2. The van der Waals surface area contributed by atoms with Gasteiger partial charge in [-0.15, -0.1) is 11.3 Å². The Morgan fingerprint density at radius 1 is 1.57 bits per heavy atom. The molecule has 1 heterocycles. The number of nitrogens with two attached hydrogens (primary N) is 1. The van der Waals surface area contributed by atoms with Crippen molar-refractivity contribution in [2.75, 3.05) is 0 Å². The number of carboxylic acid groups (broad SMARTS) is 1. The number of aliphatic carboxylic acids is 1. The van der Waals surface area contributed by atoms with Gasteiger partial charge in [0.15, 0.2) is 0 Å². The first kappa shape index (κ1) is 10.3. The number of thiophene rings is 1. The SMILES string of the molecule is N/N=C(\C(=O)O)C(=O)c1sccc1F. The molecule has 0 atom stereocenters. The van der Waals surface area contributed by atoms with Crippen LogP contribution >= 0.6 is 11.3 Å². The lowest BCUT2D eigenvalue weighted by atomic mass is 10.2. The van der Waals surface area contributed by atoms with E-state index in [2.05, 4.69) is 5.10 Å². The molecule has 0 fully saturated rings. The van der Waals surface area contributed by atoms with Gasteiger partial charge < -0.3 is 10.9 Å². The summed E-state index contributed by atoms with van der Waals surface area (Å²) in [6.45, 7) is 0. The first-order chi connectivity index (χ1) is 6.57. The Labute approximate surface area is 81.7 Å². The predicted molar refractivity (Wildman–Crippen MR) is 47.9 cm³/mol. The molecule has 7 heteroatoms. The first-order valence-electron chi connectivity index (χ1n) is 3.36. The maximum atomic E-state index is 12.9. The lowest BCUT2D eigenvalue weighted by Crippen LogP contribution is -2.25. The van der Waals surface area contributed by atoms with Gasteiger partial charge in [0.1, 0.15) is 10.7 Å². The number of carboxylic acids is 1. The van der Waals surface area contributed by atoms with Crippen LogP contribution < -0.4 is 5.84 Å². The van der Waals surface area contributed by atoms with E-state index in [1.165, 1.54) is 5.38 Å². The van der Waals surface area contributed by atoms with Crippen molar-refractivity contribution in [1.82, 2.24) is 0 Å². The molecule has 0 aromatic carbocycles. The number of ketones is 1. The van der Waals surface area contributed by atoms with Gasteiger partial charge in [-0.1, -0.05) is 0 Å². The molecule has 5 nitrogen and oxygen atoms in total. The minimum absolute atomic E-state index is 0.309. The second-order valence-corrected chi connectivity index (χ2v) is 3.13. The zero-order chi connectivity index (χ0) is 10.7. The molecule has 14 heavy (non-hydrogen) atoms. The zero-order valence-electron chi connectivity index (χ0n) is 6.73. The Morgan fingerprint density at radius 3 is 2.57 bits per heavy atom. The molecule has 0 aliphatic rings. The summed E-state index contributed by atoms with van der Waals surface area (Å²) in [6.07, 6.45) is 0. The summed E-state index contributed by atoms with van der Waals surface area (Å²) in [4.78, 5) is 21.4. The molecule has 0 amide bonds. The van der Waals surface area contributed by atoms with Gasteiger partial charge in [0.2, 0.25) is 11.5 Å². The van der Waals surface area contributed by atoms with Crippen LogP contribution in [0.15, 0.2) is 16.5 Å². The summed E-state index contributed by atoms with van der Waals surface area (Å²) in [5, 5.41) is 12.6. The quantitative estimate of drug-likeness (QED) is 0.252. The second-order valence-electron chi connectivity index (χ2n) is 2.21. The van der Waals surface area contributed by atoms with E-state index in [0.717, 1.165) is 17.4 Å². The Hall–Kier alpha value is -1.76. The number of carbonyl (C=O) groups excluding carboxylic acids is 1. The van der Waals surface area contributed by atoms with Crippen molar-refractivity contribution < 1.29 is 19.1 Å². The highest BCUT2D eigenvalue weighted by Gasteiger charge is 2.24. The summed E-state index contributed by atoms with van der Waals surface area (Å²) in [5.41, 5.74) is -0.883. The molecule has 0 radical (unpaired) electrons. The number of nitrogens with zero attached hydrogens (tertiary/aromatic N) is 1. The van der Waals surface area contributed by atoms with Crippen LogP contribution in [0.2, 0.25) is 0 Å². The van der Waals surface area contributed by atoms with Crippen molar-refractivity contribution in [3.8, 4) is 0 Å². The maximum absolute atomic E-state index is 12.9. The molecule has 0 unspecified atom stereocenters. The number of rotatable bonds is 3. The van der Waals surface area contributed by atoms with Crippen LogP contribution in [0.1, 0.15) is 9.67 Å². The van der Waals surface area contributed by atoms with Gasteiger partial charge in [0, 0.05) is 0 Å². The molecular formula is C7H5FN2O3S. The zero-order valence-corrected chi connectivity index (χ0v) is 7.55. The molecular weight excluding hydrogens is 211 g/mol. The average molecular weight is 216 g/mol. The molecule has 0 saturated carbocycles. The van der Waals surface area contributed by atoms with Gasteiger partial charge >= 0.3 is 5.97 Å². The molecule has 0 bridgehead atoms. The van der Waals surface area contributed by atoms with Gasteiger partial charge in [-0.3, -0.25) is 4.79 Å². The van der Waals surface area contributed by atoms with Gasteiger partial charge in [-0.2, -0.15) is 5.10 Å². The summed E-state index contributed by atoms with van der Waals surface area (Å²) in [5.74, 6) is 1.32. The highest BCUT2D eigenvalue weighted by molar-refractivity contribution is 7.13. The van der Waals surface area contributed by atoms with E-state index in [0.29, 0.717) is 0 Å². The fraction of sp³-hybridized carbons (Fsp3) is 0. The van der Waals surface area contributed by atoms with E-state index < -0.39 is 23.3 Å². The largest absolute Gasteiger partial charge is 0.476 e. The van der Waals surface area contributed by atoms with Crippen LogP contribution in [-0.4, -0.2) is 22.6 Å². The highest BCUT2D eigenvalue weighted by atomic mass is 32.1. The normalized spacial score (nSPS) is 11.4. The minimum Gasteiger partial charge on any atom is -0.476 e. The highest BCUT2D eigenvalue weighted by Crippen LogP contribution is 2.15. The van der Waals surface area contributed by atoms with Gasteiger partial charge in [-0.25, -0.2) is 9.18 Å². The van der Waals surface area contributed by atoms with E-state index in [1.54, 1.807) is 0 Å². The van der Waals surface area contributed by atoms with Crippen molar-refractivity contribution in [2.24, 2.45) is 10.9 Å². The number of hydrogen-bond donors (Lipinski definition) is 2. The topological polar surface area (TPSA) is 92.8 Å². The third-order valence-corrected chi connectivity index (χ3v) is 2.26. The standard InChI is InChI=1S/C7H5FN2O3S/c8-3-1-2-14-6(3)5(11)4(10-9)7(12)13/h1-2H,9H2,(H,12,13)/b10-4-. The summed E-state index contributed by atoms with van der Waals surface area (Å²) < 4.78 is 12.9. The maximum Gasteiger partial charge on any atom is 0.360 e. The van der Waals surface area contributed by atoms with Crippen molar-refractivity contribution in [3.05, 3.63) is 22.1 Å². The number of hydrogen-bond acceptors (Lipinski definition) is 5. The van der Waals surface area contributed by atoms with Crippen LogP contribution in [0.3, 0.4) is 0 Å². The summed E-state index contributed by atoms with van der Waals surface area (Å²) >= 11 is 0.794. The van der Waals surface area contributed by atoms with Crippen molar-refractivity contribution in [3.63, 3.8) is 0 Å². The lowest BCUT2D eigenvalue weighted by Gasteiger charge is -1.95. The molecule has 0 aliphatic heterocycles. The van der Waals surface area contributed by atoms with Crippen LogP contribution in [0.4, 0.5) is 4.39 Å². The van der Waals surface area contributed by atoms with Crippen LogP contribution in [0.25, 0.3) is 0 Å². The molecule has 1 aromatic rings.